The van der Waals surface area contributed by atoms with E-state index in [0.29, 0.717) is 132 Å². The summed E-state index contributed by atoms with van der Waals surface area (Å²) >= 11 is 2.22. The van der Waals surface area contributed by atoms with Crippen LogP contribution in [-0.4, -0.2) is 186 Å². The third-order valence-corrected chi connectivity index (χ3v) is 24.8. The second kappa shape index (κ2) is 37.9. The predicted octanol–water partition coefficient (Wildman–Crippen LogP) is 12.6. The number of hydrogen-bond acceptors (Lipinski definition) is 20. The minimum atomic E-state index is -3.58. The number of nitrogens with zero attached hydrogens (tertiary/aromatic N) is 9. The standard InChI is InChI=1S/C26H34N4O5S.C23H28N4O4S.C20H20N4O4S.C19H19IN4O3S/c1-17(2)35-16-18-6-10-20(11-7-18)30-25(26(32)27-3)22-14-21(19-8-9-19)24(15-23(22)28-30)29(12-5-13-31)36(4,33)34;1-14(2)31-13-15-5-9-17(10-6-15)27-22(23(28)24-3)19-11-18(16-7-8-16)21(12-20(19)25-27)26-32(4,29)30;1-21-20(26)19-16-9-15(13-5-6-13)18(23-29(2,27)28)10-17(16)22-24(19)14-7-3-12(11-25)4-8-14;1-21-19(25)18-15-9-14(11-3-4-11)17(23-28(2,26)27)10-16(15)22-24(18)13-7-5-12(20)6-8-13/h6-7,10-11,14-15,17,19,31H,5,8-9,12-13,16H2,1-4H3,(H,27,32);5-6,9-12,14,16,26H,7-8,13H2,1-4H3,(H,24,28);3-4,7-11,13,23H,5-6H2,1-2H3,(H,21,26);5-11,23H,3-4H2,1-2H3,(H,21,25). The van der Waals surface area contributed by atoms with Crippen LogP contribution in [0, 0.1) is 3.57 Å². The molecule has 660 valence electrons. The first-order chi connectivity index (χ1) is 59.4. The maximum absolute atomic E-state index is 13.0. The summed E-state index contributed by atoms with van der Waals surface area (Å²) in [5.74, 6) is -0.0214. The van der Waals surface area contributed by atoms with Gasteiger partial charge in [0.05, 0.1) is 118 Å². The van der Waals surface area contributed by atoms with E-state index in [4.69, 9.17) is 14.6 Å². The zero-order chi connectivity index (χ0) is 89.9. The van der Waals surface area contributed by atoms with Gasteiger partial charge in [0.1, 0.15) is 29.1 Å². The molecule has 4 heterocycles. The summed E-state index contributed by atoms with van der Waals surface area (Å²) < 4.78 is 124. The topological polar surface area (TPSA) is 419 Å². The van der Waals surface area contributed by atoms with Crippen LogP contribution in [0.1, 0.15) is 195 Å². The average Bonchev–Trinajstić information content (AvgIpc) is 1.56. The lowest BCUT2D eigenvalue weighted by Gasteiger charge is -2.25. The Morgan fingerprint density at radius 3 is 0.984 bits per heavy atom. The van der Waals surface area contributed by atoms with E-state index in [1.165, 1.54) is 15.2 Å². The number of hydrogen-bond donors (Lipinski definition) is 8. The Morgan fingerprint density at radius 2 is 0.720 bits per heavy atom. The van der Waals surface area contributed by atoms with Crippen molar-refractivity contribution in [1.29, 1.82) is 0 Å². The number of fused-ring (bicyclic) bond motifs is 4. The number of carbonyl (C=O) groups is 5. The molecule has 0 saturated heterocycles. The Kier molecular flexibility index (Phi) is 27.8. The Balaban J connectivity index is 0.000000144. The normalized spacial score (nSPS) is 14.1. The van der Waals surface area contributed by atoms with Gasteiger partial charge in [0.2, 0.25) is 40.1 Å². The third kappa shape index (κ3) is 22.2. The van der Waals surface area contributed by atoms with E-state index < -0.39 is 40.1 Å². The molecule has 8 N–H and O–H groups in total. The van der Waals surface area contributed by atoms with Gasteiger partial charge in [-0.25, -0.2) is 52.4 Å². The lowest BCUT2D eigenvalue weighted by atomic mass is 10.0. The highest BCUT2D eigenvalue weighted by atomic mass is 127. The molecule has 0 radical (unpaired) electrons. The van der Waals surface area contributed by atoms with Gasteiger partial charge in [0.25, 0.3) is 23.6 Å². The highest BCUT2D eigenvalue weighted by Gasteiger charge is 2.36. The second-order valence-corrected chi connectivity index (χ2v) is 40.4. The second-order valence-electron chi connectivity index (χ2n) is 32.0. The molecule has 4 aromatic heterocycles. The number of aromatic nitrogens is 8. The smallest absolute Gasteiger partial charge is 0.270 e. The van der Waals surface area contributed by atoms with Gasteiger partial charge in [0.15, 0.2) is 0 Å². The minimum absolute atomic E-state index is 0.110. The van der Waals surface area contributed by atoms with Crippen LogP contribution in [0.3, 0.4) is 0 Å². The number of aliphatic hydroxyl groups excluding tert-OH is 1. The number of carbonyl (C=O) groups excluding carboxylic acids is 5. The minimum Gasteiger partial charge on any atom is -0.396 e. The zero-order valence-corrected chi connectivity index (χ0v) is 76.6. The van der Waals surface area contributed by atoms with Crippen molar-refractivity contribution in [2.24, 2.45) is 0 Å². The van der Waals surface area contributed by atoms with E-state index in [1.54, 1.807) is 90.8 Å². The summed E-state index contributed by atoms with van der Waals surface area (Å²) in [6.07, 6.45) is 13.7. The molecule has 4 amide bonds. The van der Waals surface area contributed by atoms with Crippen molar-refractivity contribution in [2.75, 3.05) is 84.8 Å². The molecule has 8 aromatic carbocycles. The molecule has 4 aliphatic rings. The lowest BCUT2D eigenvalue weighted by molar-refractivity contribution is 0.0655. The van der Waals surface area contributed by atoms with E-state index >= 15 is 0 Å². The fraction of sp³-hybridized carbons (Fsp3) is 0.352. The van der Waals surface area contributed by atoms with Gasteiger partial charge in [-0.05, 0) is 286 Å². The van der Waals surface area contributed by atoms with Crippen LogP contribution in [0.5, 0.6) is 0 Å². The summed E-state index contributed by atoms with van der Waals surface area (Å²) in [4.78, 5) is 62.1. The van der Waals surface area contributed by atoms with Crippen molar-refractivity contribution in [1.82, 2.24) is 60.4 Å². The molecule has 0 atom stereocenters. The number of anilines is 4. The maximum atomic E-state index is 13.0. The largest absolute Gasteiger partial charge is 0.396 e. The van der Waals surface area contributed by atoms with Gasteiger partial charge in [-0.15, -0.1) is 0 Å². The van der Waals surface area contributed by atoms with Crippen molar-refractivity contribution >= 4 is 159 Å². The molecule has 0 unspecified atom stereocenters. The Morgan fingerprint density at radius 1 is 0.440 bits per heavy atom. The summed E-state index contributed by atoms with van der Waals surface area (Å²) in [6.45, 7) is 9.00. The number of rotatable bonds is 30. The van der Waals surface area contributed by atoms with E-state index in [1.807, 2.05) is 125 Å². The number of aldehydes is 1. The first-order valence-corrected chi connectivity index (χ1v) is 49.4. The first-order valence-electron chi connectivity index (χ1n) is 40.8. The lowest BCUT2D eigenvalue weighted by Crippen LogP contribution is -2.32. The van der Waals surface area contributed by atoms with E-state index in [0.717, 1.165) is 125 Å². The highest BCUT2D eigenvalue weighted by molar-refractivity contribution is 14.1. The molecule has 125 heavy (non-hydrogen) atoms. The molecule has 0 spiro atoms. The van der Waals surface area contributed by atoms with Crippen LogP contribution >= 0.6 is 22.6 Å². The van der Waals surface area contributed by atoms with Gasteiger partial charge < -0.3 is 35.8 Å². The number of benzene rings is 8. The highest BCUT2D eigenvalue weighted by Crippen LogP contribution is 2.50. The first kappa shape index (κ1) is 91.5. The van der Waals surface area contributed by atoms with Gasteiger partial charge in [-0.1, -0.05) is 24.3 Å². The third-order valence-electron chi connectivity index (χ3n) is 21.1. The molecule has 12 aromatic rings. The molecule has 32 nitrogen and oxygen atoms in total. The van der Waals surface area contributed by atoms with E-state index in [9.17, 15) is 62.8 Å². The molecule has 0 bridgehead atoms. The number of amides is 4. The number of nitrogens with one attached hydrogen (secondary N) is 7. The summed E-state index contributed by atoms with van der Waals surface area (Å²) in [6, 6.07) is 44.2. The van der Waals surface area contributed by atoms with Crippen LogP contribution in [0.25, 0.3) is 66.4 Å². The Bertz CT molecular complexity index is 6600. The van der Waals surface area contributed by atoms with Crippen molar-refractivity contribution in [2.45, 2.75) is 135 Å². The maximum Gasteiger partial charge on any atom is 0.270 e. The van der Waals surface area contributed by atoms with Crippen molar-refractivity contribution in [3.8, 4) is 22.7 Å². The summed E-state index contributed by atoms with van der Waals surface area (Å²) in [5, 5.41) is 41.3. The van der Waals surface area contributed by atoms with Crippen LogP contribution < -0.4 is 39.7 Å². The van der Waals surface area contributed by atoms with Crippen LogP contribution in [0.4, 0.5) is 22.7 Å². The van der Waals surface area contributed by atoms with Crippen molar-refractivity contribution in [3.63, 3.8) is 0 Å². The monoisotopic (exact) mass is 1890 g/mol. The fourth-order valence-corrected chi connectivity index (χ4v) is 17.7. The van der Waals surface area contributed by atoms with Gasteiger partial charge in [-0.3, -0.25) is 42.4 Å². The Labute approximate surface area is 739 Å². The van der Waals surface area contributed by atoms with Crippen molar-refractivity contribution in [3.05, 3.63) is 211 Å². The molecule has 4 fully saturated rings. The molecule has 16 rings (SSSR count). The fourth-order valence-electron chi connectivity index (χ4n) is 14.6. The molecular formula is C88H101IN16O16S4. The van der Waals surface area contributed by atoms with E-state index in [2.05, 4.69) is 73.3 Å². The quantitative estimate of drug-likeness (QED) is 0.0153. The zero-order valence-electron chi connectivity index (χ0n) is 71.2. The molecular weight excluding hydrogens is 1790 g/mol. The van der Waals surface area contributed by atoms with E-state index in [-0.39, 0.29) is 66.7 Å². The van der Waals surface area contributed by atoms with Gasteiger partial charge >= 0.3 is 0 Å². The summed E-state index contributed by atoms with van der Waals surface area (Å²) in [5.41, 5.74) is 14.8. The number of aliphatic hydroxyl groups is 1. The van der Waals surface area contributed by atoms with Gasteiger partial charge in [0, 0.05) is 72.0 Å². The molecule has 4 saturated carbocycles. The predicted molar refractivity (Wildman–Crippen MR) is 493 cm³/mol. The number of sulfonamides is 4. The number of ether oxygens (including phenoxy) is 2. The molecule has 4 aliphatic carbocycles. The molecule has 0 aliphatic heterocycles. The van der Waals surface area contributed by atoms with Gasteiger partial charge in [-0.2, -0.15) is 20.4 Å². The van der Waals surface area contributed by atoms with Crippen LogP contribution in [-0.2, 0) is 62.8 Å². The SMILES string of the molecule is CNC(=O)c1c2cc(C3CC3)c(N(CCCO)S(C)(=O)=O)cc2nn1-c1ccc(COC(C)C)cc1.CNC(=O)c1c2cc(C3CC3)c(NS(C)(=O)=O)cc2nn1-c1ccc(C=O)cc1.CNC(=O)c1c2cc(C3CC3)c(NS(C)(=O)=O)cc2nn1-c1ccc(COC(C)C)cc1.CNC(=O)c1c2cc(C3CC3)c(NS(C)(=O)=O)cc2nn1-c1ccc(I)cc1. The number of halogens is 1. The van der Waals surface area contributed by atoms with Crippen LogP contribution in [0.15, 0.2) is 146 Å². The Hall–Kier alpha value is -11.2. The van der Waals surface area contributed by atoms with Crippen molar-refractivity contribution < 1.29 is 72.2 Å². The van der Waals surface area contributed by atoms with Crippen LogP contribution in [0.2, 0.25) is 0 Å². The summed E-state index contributed by atoms with van der Waals surface area (Å²) in [7, 11) is -7.61. The molecule has 37 heteroatoms. The average molecular weight is 1890 g/mol.